The highest BCUT2D eigenvalue weighted by atomic mass is 16.5. The maximum atomic E-state index is 12.1. The number of hydrogen-bond donors (Lipinski definition) is 0. The van der Waals surface area contributed by atoms with Gasteiger partial charge < -0.3 is 9.64 Å². The van der Waals surface area contributed by atoms with Crippen molar-refractivity contribution in [3.05, 3.63) is 0 Å². The molecule has 0 radical (unpaired) electrons. The molecular formula is C12H23NO2. The quantitative estimate of drug-likeness (QED) is 0.699. The predicted octanol–water partition coefficient (Wildman–Crippen LogP) is 2.06. The standard InChI is InChI=1S/C12H23NO2/c1-3-11(7-10-15-2)12(14)13-8-5-4-6-9-13/h11H,3-10H2,1-2H3. The zero-order chi connectivity index (χ0) is 11.1. The number of likely N-dealkylation sites (tertiary alicyclic amines) is 1. The Morgan fingerprint density at radius 2 is 2.00 bits per heavy atom. The van der Waals surface area contributed by atoms with Crippen LogP contribution in [0.4, 0.5) is 0 Å². The molecule has 0 aliphatic carbocycles. The fourth-order valence-corrected chi connectivity index (χ4v) is 2.13. The summed E-state index contributed by atoms with van der Waals surface area (Å²) in [5.41, 5.74) is 0. The van der Waals surface area contributed by atoms with Crippen LogP contribution in [0.5, 0.6) is 0 Å². The Hall–Kier alpha value is -0.570. The fourth-order valence-electron chi connectivity index (χ4n) is 2.13. The van der Waals surface area contributed by atoms with Crippen molar-refractivity contribution in [3.63, 3.8) is 0 Å². The van der Waals surface area contributed by atoms with Gasteiger partial charge in [-0.15, -0.1) is 0 Å². The lowest BCUT2D eigenvalue weighted by Gasteiger charge is -2.30. The topological polar surface area (TPSA) is 29.5 Å². The van der Waals surface area contributed by atoms with Gasteiger partial charge in [-0.3, -0.25) is 4.79 Å². The molecule has 0 N–H and O–H groups in total. The van der Waals surface area contributed by atoms with Crippen LogP contribution in [0.1, 0.15) is 39.0 Å². The second-order valence-corrected chi connectivity index (χ2v) is 4.27. The highest BCUT2D eigenvalue weighted by Gasteiger charge is 2.23. The third kappa shape index (κ3) is 3.82. The van der Waals surface area contributed by atoms with Gasteiger partial charge in [0.1, 0.15) is 0 Å². The highest BCUT2D eigenvalue weighted by molar-refractivity contribution is 5.78. The average molecular weight is 213 g/mol. The number of amides is 1. The van der Waals surface area contributed by atoms with E-state index in [0.29, 0.717) is 12.5 Å². The number of carbonyl (C=O) groups is 1. The molecule has 1 fully saturated rings. The first-order valence-electron chi connectivity index (χ1n) is 6.07. The Bertz CT molecular complexity index is 188. The van der Waals surface area contributed by atoms with E-state index >= 15 is 0 Å². The molecule has 88 valence electrons. The predicted molar refractivity (Wildman–Crippen MR) is 60.7 cm³/mol. The highest BCUT2D eigenvalue weighted by Crippen LogP contribution is 2.16. The Balaban J connectivity index is 2.40. The molecule has 1 atom stereocenters. The third-order valence-corrected chi connectivity index (χ3v) is 3.18. The zero-order valence-corrected chi connectivity index (χ0v) is 10.00. The van der Waals surface area contributed by atoms with Crippen molar-refractivity contribution < 1.29 is 9.53 Å². The molecule has 1 saturated heterocycles. The van der Waals surface area contributed by atoms with Crippen molar-refractivity contribution in [1.29, 1.82) is 0 Å². The summed E-state index contributed by atoms with van der Waals surface area (Å²) in [5, 5.41) is 0. The summed E-state index contributed by atoms with van der Waals surface area (Å²) in [4.78, 5) is 14.1. The summed E-state index contributed by atoms with van der Waals surface area (Å²) in [5.74, 6) is 0.511. The van der Waals surface area contributed by atoms with Crippen molar-refractivity contribution in [3.8, 4) is 0 Å². The van der Waals surface area contributed by atoms with Gasteiger partial charge in [0.25, 0.3) is 0 Å². The van der Waals surface area contributed by atoms with Crippen LogP contribution >= 0.6 is 0 Å². The van der Waals surface area contributed by atoms with Crippen molar-refractivity contribution in [1.82, 2.24) is 4.90 Å². The smallest absolute Gasteiger partial charge is 0.225 e. The van der Waals surface area contributed by atoms with Gasteiger partial charge in [-0.05, 0) is 32.1 Å². The van der Waals surface area contributed by atoms with Gasteiger partial charge >= 0.3 is 0 Å². The molecule has 1 aliphatic rings. The van der Waals surface area contributed by atoms with Gasteiger partial charge in [-0.25, -0.2) is 0 Å². The van der Waals surface area contributed by atoms with E-state index in [2.05, 4.69) is 6.92 Å². The zero-order valence-electron chi connectivity index (χ0n) is 10.00. The Labute approximate surface area is 92.8 Å². The van der Waals surface area contributed by atoms with Crippen LogP contribution in [-0.4, -0.2) is 37.6 Å². The molecule has 1 amide bonds. The summed E-state index contributed by atoms with van der Waals surface area (Å²) >= 11 is 0. The SMILES string of the molecule is CCC(CCOC)C(=O)N1CCCCC1. The number of methoxy groups -OCH3 is 1. The third-order valence-electron chi connectivity index (χ3n) is 3.18. The largest absolute Gasteiger partial charge is 0.385 e. The Morgan fingerprint density at radius 1 is 1.33 bits per heavy atom. The molecule has 1 aliphatic heterocycles. The van der Waals surface area contributed by atoms with E-state index in [1.54, 1.807) is 7.11 Å². The van der Waals surface area contributed by atoms with E-state index in [1.165, 1.54) is 19.3 Å². The van der Waals surface area contributed by atoms with Crippen LogP contribution in [0.25, 0.3) is 0 Å². The van der Waals surface area contributed by atoms with E-state index in [4.69, 9.17) is 4.74 Å². The molecule has 1 rings (SSSR count). The number of piperidine rings is 1. The fraction of sp³-hybridized carbons (Fsp3) is 0.917. The van der Waals surface area contributed by atoms with E-state index in [0.717, 1.165) is 25.9 Å². The molecule has 0 aromatic carbocycles. The maximum Gasteiger partial charge on any atom is 0.225 e. The second kappa shape index (κ2) is 6.83. The van der Waals surface area contributed by atoms with Crippen LogP contribution in [-0.2, 0) is 9.53 Å². The minimum absolute atomic E-state index is 0.169. The van der Waals surface area contributed by atoms with Gasteiger partial charge in [0.05, 0.1) is 0 Å². The lowest BCUT2D eigenvalue weighted by Crippen LogP contribution is -2.39. The van der Waals surface area contributed by atoms with Crippen molar-refractivity contribution in [2.75, 3.05) is 26.8 Å². The first kappa shape index (κ1) is 12.5. The van der Waals surface area contributed by atoms with E-state index < -0.39 is 0 Å². The number of carbonyl (C=O) groups excluding carboxylic acids is 1. The van der Waals surface area contributed by atoms with Gasteiger partial charge in [0.2, 0.25) is 5.91 Å². The summed E-state index contributed by atoms with van der Waals surface area (Å²) in [6.07, 6.45) is 5.42. The minimum Gasteiger partial charge on any atom is -0.385 e. The van der Waals surface area contributed by atoms with Crippen LogP contribution in [0.15, 0.2) is 0 Å². The molecule has 0 bridgehead atoms. The van der Waals surface area contributed by atoms with E-state index in [1.807, 2.05) is 4.90 Å². The Morgan fingerprint density at radius 3 is 2.53 bits per heavy atom. The summed E-state index contributed by atoms with van der Waals surface area (Å²) in [6.45, 7) is 4.70. The summed E-state index contributed by atoms with van der Waals surface area (Å²) in [6, 6.07) is 0. The maximum absolute atomic E-state index is 12.1. The molecule has 3 heteroatoms. The number of rotatable bonds is 5. The van der Waals surface area contributed by atoms with Gasteiger partial charge in [0.15, 0.2) is 0 Å². The Kier molecular flexibility index (Phi) is 5.69. The van der Waals surface area contributed by atoms with Crippen LogP contribution in [0.2, 0.25) is 0 Å². The van der Waals surface area contributed by atoms with Crippen LogP contribution in [0, 0.1) is 5.92 Å². The van der Waals surface area contributed by atoms with Crippen molar-refractivity contribution in [2.24, 2.45) is 5.92 Å². The molecular weight excluding hydrogens is 190 g/mol. The molecule has 0 spiro atoms. The first-order chi connectivity index (χ1) is 7.29. The molecule has 1 heterocycles. The molecule has 15 heavy (non-hydrogen) atoms. The second-order valence-electron chi connectivity index (χ2n) is 4.27. The number of hydrogen-bond acceptors (Lipinski definition) is 2. The molecule has 0 saturated carbocycles. The van der Waals surface area contributed by atoms with E-state index in [-0.39, 0.29) is 5.92 Å². The molecule has 0 aromatic heterocycles. The van der Waals surface area contributed by atoms with E-state index in [9.17, 15) is 4.79 Å². The van der Waals surface area contributed by atoms with Crippen molar-refractivity contribution in [2.45, 2.75) is 39.0 Å². The lowest BCUT2D eigenvalue weighted by molar-refractivity contribution is -0.137. The monoisotopic (exact) mass is 213 g/mol. The van der Waals surface area contributed by atoms with Crippen molar-refractivity contribution >= 4 is 5.91 Å². The normalized spacial score (nSPS) is 18.9. The molecule has 0 aromatic rings. The van der Waals surface area contributed by atoms with Gasteiger partial charge in [0, 0.05) is 32.7 Å². The lowest BCUT2D eigenvalue weighted by atomic mass is 9.99. The summed E-state index contributed by atoms with van der Waals surface area (Å²) in [7, 11) is 1.69. The van der Waals surface area contributed by atoms with Gasteiger partial charge in [-0.2, -0.15) is 0 Å². The van der Waals surface area contributed by atoms with Gasteiger partial charge in [-0.1, -0.05) is 6.92 Å². The average Bonchev–Trinajstić information content (AvgIpc) is 2.31. The number of nitrogens with zero attached hydrogens (tertiary/aromatic N) is 1. The molecule has 3 nitrogen and oxygen atoms in total. The summed E-state index contributed by atoms with van der Waals surface area (Å²) < 4.78 is 5.04. The molecule has 1 unspecified atom stereocenters. The van der Waals surface area contributed by atoms with Crippen LogP contribution in [0.3, 0.4) is 0 Å². The first-order valence-corrected chi connectivity index (χ1v) is 6.07. The minimum atomic E-state index is 0.169. The van der Waals surface area contributed by atoms with Crippen LogP contribution < -0.4 is 0 Å². The number of ether oxygens (including phenoxy) is 1.